The first kappa shape index (κ1) is 25.8. The van der Waals surface area contributed by atoms with E-state index >= 15 is 0 Å². The normalized spacial score (nSPS) is 21.2. The maximum atomic E-state index is 12.5. The second kappa shape index (κ2) is 12.1. The molecule has 192 valence electrons. The maximum absolute atomic E-state index is 12.5. The predicted molar refractivity (Wildman–Crippen MR) is 140 cm³/mol. The average Bonchev–Trinajstić information content (AvgIpc) is 3.30. The lowest BCUT2D eigenvalue weighted by Gasteiger charge is -2.23. The summed E-state index contributed by atoms with van der Waals surface area (Å²) in [6.45, 7) is 3.51. The number of likely N-dealkylation sites (tertiary alicyclic amines) is 1. The predicted octanol–water partition coefficient (Wildman–Crippen LogP) is 4.94. The number of anilines is 2. The molecule has 2 atom stereocenters. The van der Waals surface area contributed by atoms with Crippen LogP contribution in [0.25, 0.3) is 5.76 Å². The number of Topliss-reactive ketones (excluding diaryl/α,β-unsaturated/α-hetero) is 1. The number of aliphatic hydroxyl groups excluding tert-OH is 1. The Hall–Kier alpha value is -3.33. The second-order valence-electron chi connectivity index (χ2n) is 9.60. The lowest BCUT2D eigenvalue weighted by Crippen LogP contribution is -2.30. The molecule has 0 radical (unpaired) electrons. The molecule has 3 heterocycles. The zero-order valence-electron chi connectivity index (χ0n) is 21.2. The van der Waals surface area contributed by atoms with Gasteiger partial charge in [0.1, 0.15) is 24.0 Å². The number of allylic oxidation sites excluding steroid dienone is 1. The van der Waals surface area contributed by atoms with Gasteiger partial charge in [-0.3, -0.25) is 4.79 Å². The molecule has 3 N–H and O–H groups in total. The van der Waals surface area contributed by atoms with E-state index in [2.05, 4.69) is 32.2 Å². The fourth-order valence-electron chi connectivity index (χ4n) is 4.87. The molecular weight excluding hydrogens is 456 g/mol. The Morgan fingerprint density at radius 3 is 2.78 bits per heavy atom. The summed E-state index contributed by atoms with van der Waals surface area (Å²) in [5.41, 5.74) is 0.606. The molecule has 0 amide bonds. The van der Waals surface area contributed by atoms with Crippen molar-refractivity contribution in [1.82, 2.24) is 19.9 Å². The molecule has 4 rings (SSSR count). The zero-order chi connectivity index (χ0) is 25.5. The number of carbonyl (C=O) groups is 1. The van der Waals surface area contributed by atoms with Gasteiger partial charge >= 0.3 is 0 Å². The Bertz CT molecular complexity index is 1100. The lowest BCUT2D eigenvalue weighted by molar-refractivity contribution is -0.122. The number of ether oxygens (including phenoxy) is 1. The van der Waals surface area contributed by atoms with E-state index in [0.717, 1.165) is 32.2 Å². The Morgan fingerprint density at radius 2 is 2.08 bits per heavy atom. The Morgan fingerprint density at radius 1 is 1.22 bits per heavy atom. The van der Waals surface area contributed by atoms with E-state index in [4.69, 9.17) is 10.1 Å². The molecule has 1 aliphatic carbocycles. The van der Waals surface area contributed by atoms with Gasteiger partial charge in [-0.05, 0) is 57.8 Å². The van der Waals surface area contributed by atoms with Crippen LogP contribution in [-0.4, -0.2) is 62.7 Å². The van der Waals surface area contributed by atoms with E-state index < -0.39 is 5.92 Å². The van der Waals surface area contributed by atoms with Crippen LogP contribution in [0.1, 0.15) is 64.1 Å². The summed E-state index contributed by atoms with van der Waals surface area (Å²) in [4.78, 5) is 28.1. The number of ketones is 1. The number of hydrogen-bond acceptors (Lipinski definition) is 9. The van der Waals surface area contributed by atoms with Gasteiger partial charge in [0.15, 0.2) is 11.6 Å². The molecule has 1 aliphatic heterocycles. The van der Waals surface area contributed by atoms with Crippen LogP contribution in [0.15, 0.2) is 36.0 Å². The second-order valence-corrected chi connectivity index (χ2v) is 9.60. The van der Waals surface area contributed by atoms with Crippen molar-refractivity contribution in [3.8, 4) is 5.88 Å². The summed E-state index contributed by atoms with van der Waals surface area (Å²) in [5.74, 6) is 0.851. The molecule has 0 unspecified atom stereocenters. The van der Waals surface area contributed by atoms with Gasteiger partial charge in [-0.1, -0.05) is 25.8 Å². The van der Waals surface area contributed by atoms with Gasteiger partial charge in [0.2, 0.25) is 5.88 Å². The van der Waals surface area contributed by atoms with Gasteiger partial charge in [0, 0.05) is 36.0 Å². The fraction of sp³-hybridized carbons (Fsp3) is 0.519. The molecule has 2 aromatic rings. The standard InChI is InChI=1S/C27H36N6O3/c1-3-9-20(25(28)19-11-4-5-12-21(19)34)26(35)27-31-23(30-22-13-6-7-14-29-22)16-24(32-27)36-17-18-10-8-15-33(18)2/h6-7,13-14,16,18-19,28,35H,3-5,8-12,15,17H2,1-2H3,(H,29,30,31,32)/b26-20-,28-25?/t18-,19-/m0/s1. The molecule has 9 heteroatoms. The van der Waals surface area contributed by atoms with Gasteiger partial charge in [-0.2, -0.15) is 4.98 Å². The maximum Gasteiger partial charge on any atom is 0.219 e. The number of hydrogen-bond donors (Lipinski definition) is 3. The van der Waals surface area contributed by atoms with Crippen molar-refractivity contribution in [1.29, 1.82) is 5.41 Å². The van der Waals surface area contributed by atoms with Gasteiger partial charge in [-0.15, -0.1) is 0 Å². The van der Waals surface area contributed by atoms with Crippen molar-refractivity contribution in [3.05, 3.63) is 41.9 Å². The minimum Gasteiger partial charge on any atom is -0.504 e. The Balaban J connectivity index is 1.67. The van der Waals surface area contributed by atoms with Crippen molar-refractivity contribution in [2.75, 3.05) is 25.5 Å². The molecule has 0 aromatic carbocycles. The van der Waals surface area contributed by atoms with E-state index in [-0.39, 0.29) is 23.1 Å². The minimum absolute atomic E-state index is 0.0715. The van der Waals surface area contributed by atoms with Gasteiger partial charge in [0.05, 0.1) is 5.92 Å². The number of aromatic nitrogens is 3. The molecule has 36 heavy (non-hydrogen) atoms. The van der Waals surface area contributed by atoms with Crippen molar-refractivity contribution >= 4 is 28.9 Å². The van der Waals surface area contributed by atoms with Crippen LogP contribution < -0.4 is 10.1 Å². The van der Waals surface area contributed by atoms with Crippen molar-refractivity contribution in [3.63, 3.8) is 0 Å². The highest BCUT2D eigenvalue weighted by Crippen LogP contribution is 2.30. The molecule has 2 aromatic heterocycles. The first-order valence-corrected chi connectivity index (χ1v) is 12.9. The monoisotopic (exact) mass is 492 g/mol. The number of nitrogens with one attached hydrogen (secondary N) is 2. The van der Waals surface area contributed by atoms with Crippen molar-refractivity contribution in [2.24, 2.45) is 5.92 Å². The van der Waals surface area contributed by atoms with E-state index in [0.29, 0.717) is 61.4 Å². The van der Waals surface area contributed by atoms with E-state index in [1.807, 2.05) is 25.1 Å². The fourth-order valence-corrected chi connectivity index (χ4v) is 4.87. The molecule has 1 saturated heterocycles. The zero-order valence-corrected chi connectivity index (χ0v) is 21.2. The van der Waals surface area contributed by atoms with Gasteiger partial charge < -0.3 is 25.5 Å². The SMILES string of the molecule is CCC/C(C(=N)[C@H]1CCCCC1=O)=C(/O)c1nc(Nc2ccccn2)cc(OC[C@@H]2CCCN2C)n1. The Labute approximate surface area is 212 Å². The third-order valence-corrected chi connectivity index (χ3v) is 6.94. The number of carbonyl (C=O) groups excluding carboxylic acids is 1. The van der Waals surface area contributed by atoms with Crippen LogP contribution in [0.4, 0.5) is 11.6 Å². The van der Waals surface area contributed by atoms with Crippen LogP contribution in [0, 0.1) is 11.3 Å². The molecule has 9 nitrogen and oxygen atoms in total. The lowest BCUT2D eigenvalue weighted by atomic mass is 9.81. The summed E-state index contributed by atoms with van der Waals surface area (Å²) in [5, 5.41) is 23.3. The number of aliphatic hydroxyl groups is 1. The highest BCUT2D eigenvalue weighted by molar-refractivity contribution is 6.14. The minimum atomic E-state index is -0.481. The first-order chi connectivity index (χ1) is 17.5. The largest absolute Gasteiger partial charge is 0.504 e. The number of rotatable bonds is 10. The molecular formula is C27H36N6O3. The van der Waals surface area contributed by atoms with Crippen molar-refractivity contribution < 1.29 is 14.6 Å². The van der Waals surface area contributed by atoms with Crippen molar-refractivity contribution in [2.45, 2.75) is 64.3 Å². The summed E-state index contributed by atoms with van der Waals surface area (Å²) in [6, 6.07) is 7.51. The highest BCUT2D eigenvalue weighted by atomic mass is 16.5. The van der Waals surface area contributed by atoms with Crippen LogP contribution in [0.2, 0.25) is 0 Å². The Kier molecular flexibility index (Phi) is 8.64. The third-order valence-electron chi connectivity index (χ3n) is 6.94. The van der Waals surface area contributed by atoms with E-state index in [1.54, 1.807) is 12.3 Å². The quantitative estimate of drug-likeness (QED) is 0.315. The summed E-state index contributed by atoms with van der Waals surface area (Å²) < 4.78 is 6.07. The van der Waals surface area contributed by atoms with Crippen LogP contribution in [0.5, 0.6) is 5.88 Å². The summed E-state index contributed by atoms with van der Waals surface area (Å²) in [7, 11) is 2.09. The number of pyridine rings is 1. The summed E-state index contributed by atoms with van der Waals surface area (Å²) in [6.07, 6.45) is 7.95. The van der Waals surface area contributed by atoms with Gasteiger partial charge in [0.25, 0.3) is 0 Å². The van der Waals surface area contributed by atoms with Crippen LogP contribution in [0.3, 0.4) is 0 Å². The van der Waals surface area contributed by atoms with E-state index in [9.17, 15) is 9.90 Å². The third kappa shape index (κ3) is 6.26. The van der Waals surface area contributed by atoms with Gasteiger partial charge in [-0.25, -0.2) is 9.97 Å². The molecule has 1 saturated carbocycles. The molecule has 2 aliphatic rings. The van der Waals surface area contributed by atoms with E-state index in [1.165, 1.54) is 0 Å². The van der Waals surface area contributed by atoms with Crippen LogP contribution >= 0.6 is 0 Å². The molecule has 2 fully saturated rings. The number of nitrogens with zero attached hydrogens (tertiary/aromatic N) is 4. The number of likely N-dealkylation sites (N-methyl/N-ethyl adjacent to an activating group) is 1. The molecule has 0 spiro atoms. The smallest absolute Gasteiger partial charge is 0.219 e. The van der Waals surface area contributed by atoms with Crippen LogP contribution in [-0.2, 0) is 4.79 Å². The first-order valence-electron chi connectivity index (χ1n) is 12.9. The molecule has 0 bridgehead atoms. The topological polar surface area (TPSA) is 124 Å². The average molecular weight is 493 g/mol. The highest BCUT2D eigenvalue weighted by Gasteiger charge is 2.30. The summed E-state index contributed by atoms with van der Waals surface area (Å²) >= 11 is 0.